The maximum absolute atomic E-state index is 12.9. The largest absolute Gasteiger partial charge is 0.361 e. The van der Waals surface area contributed by atoms with Crippen LogP contribution in [0.4, 0.5) is 10.1 Å². The summed E-state index contributed by atoms with van der Waals surface area (Å²) in [6.45, 7) is 3.71. The molecule has 0 spiro atoms. The SMILES string of the molecule is Cc1noc(C)c1-c1ccc(C(=O)Nc2ccc(F)cc2)s1. The molecule has 0 bridgehead atoms. The lowest BCUT2D eigenvalue weighted by Gasteiger charge is -2.02. The van der Waals surface area contributed by atoms with Gasteiger partial charge in [0.15, 0.2) is 0 Å². The molecular formula is C16H13FN2O2S. The smallest absolute Gasteiger partial charge is 0.265 e. The van der Waals surface area contributed by atoms with Crippen LogP contribution in [-0.2, 0) is 0 Å². The second-order valence-electron chi connectivity index (χ2n) is 4.82. The van der Waals surface area contributed by atoms with Crippen molar-refractivity contribution in [2.24, 2.45) is 0 Å². The molecule has 0 aliphatic rings. The summed E-state index contributed by atoms with van der Waals surface area (Å²) in [4.78, 5) is 13.7. The molecule has 1 N–H and O–H groups in total. The summed E-state index contributed by atoms with van der Waals surface area (Å²) in [5.41, 5.74) is 2.27. The third-order valence-electron chi connectivity index (χ3n) is 3.21. The molecule has 22 heavy (non-hydrogen) atoms. The Morgan fingerprint density at radius 2 is 1.91 bits per heavy atom. The lowest BCUT2D eigenvalue weighted by Crippen LogP contribution is -2.09. The molecule has 3 rings (SSSR count). The Kier molecular flexibility index (Phi) is 3.77. The van der Waals surface area contributed by atoms with E-state index >= 15 is 0 Å². The van der Waals surface area contributed by atoms with Gasteiger partial charge in [0.1, 0.15) is 11.6 Å². The van der Waals surface area contributed by atoms with Gasteiger partial charge in [0, 0.05) is 10.6 Å². The highest BCUT2D eigenvalue weighted by Crippen LogP contribution is 2.33. The van der Waals surface area contributed by atoms with E-state index in [0.717, 1.165) is 21.9 Å². The first-order valence-corrected chi connectivity index (χ1v) is 7.46. The molecular weight excluding hydrogens is 303 g/mol. The zero-order valence-corrected chi connectivity index (χ0v) is 12.8. The van der Waals surface area contributed by atoms with E-state index in [1.165, 1.54) is 35.6 Å². The summed E-state index contributed by atoms with van der Waals surface area (Å²) in [7, 11) is 0. The van der Waals surface area contributed by atoms with E-state index in [1.54, 1.807) is 6.07 Å². The van der Waals surface area contributed by atoms with Crippen LogP contribution in [0.25, 0.3) is 10.4 Å². The van der Waals surface area contributed by atoms with Crippen molar-refractivity contribution in [3.8, 4) is 10.4 Å². The molecule has 1 aromatic carbocycles. The number of aromatic nitrogens is 1. The van der Waals surface area contributed by atoms with E-state index in [-0.39, 0.29) is 11.7 Å². The highest BCUT2D eigenvalue weighted by Gasteiger charge is 2.16. The first-order chi connectivity index (χ1) is 10.5. The molecule has 6 heteroatoms. The molecule has 0 radical (unpaired) electrons. The van der Waals surface area contributed by atoms with E-state index in [2.05, 4.69) is 10.5 Å². The molecule has 0 saturated carbocycles. The molecule has 2 heterocycles. The topological polar surface area (TPSA) is 55.1 Å². The van der Waals surface area contributed by atoms with Gasteiger partial charge in [-0.05, 0) is 50.2 Å². The number of carbonyl (C=O) groups excluding carboxylic acids is 1. The fraction of sp³-hybridized carbons (Fsp3) is 0.125. The summed E-state index contributed by atoms with van der Waals surface area (Å²) >= 11 is 1.36. The average molecular weight is 316 g/mol. The molecule has 2 aromatic heterocycles. The number of anilines is 1. The number of carbonyl (C=O) groups is 1. The standard InChI is InChI=1S/C16H13FN2O2S/c1-9-15(10(2)21-19-9)13-7-8-14(22-13)16(20)18-12-5-3-11(17)4-6-12/h3-8H,1-2H3,(H,18,20). The summed E-state index contributed by atoms with van der Waals surface area (Å²) < 4.78 is 18.0. The predicted octanol–water partition coefficient (Wildman–Crippen LogP) is 4.41. The molecule has 112 valence electrons. The maximum Gasteiger partial charge on any atom is 0.265 e. The number of thiophene rings is 1. The first-order valence-electron chi connectivity index (χ1n) is 6.64. The summed E-state index contributed by atoms with van der Waals surface area (Å²) in [6.07, 6.45) is 0. The van der Waals surface area contributed by atoms with Crippen LogP contribution >= 0.6 is 11.3 Å². The zero-order chi connectivity index (χ0) is 15.7. The molecule has 3 aromatic rings. The highest BCUT2D eigenvalue weighted by molar-refractivity contribution is 7.17. The Labute approximate surface area is 130 Å². The molecule has 0 aliphatic carbocycles. The van der Waals surface area contributed by atoms with Crippen molar-refractivity contribution in [3.05, 3.63) is 58.5 Å². The maximum atomic E-state index is 12.9. The van der Waals surface area contributed by atoms with E-state index in [9.17, 15) is 9.18 Å². The van der Waals surface area contributed by atoms with Gasteiger partial charge in [0.2, 0.25) is 0 Å². The number of hydrogen-bond acceptors (Lipinski definition) is 4. The number of nitrogens with zero attached hydrogens (tertiary/aromatic N) is 1. The van der Waals surface area contributed by atoms with Crippen LogP contribution in [0, 0.1) is 19.7 Å². The van der Waals surface area contributed by atoms with E-state index in [1.807, 2.05) is 19.9 Å². The summed E-state index contributed by atoms with van der Waals surface area (Å²) in [5.74, 6) is 0.161. The fourth-order valence-corrected chi connectivity index (χ4v) is 3.20. The number of aryl methyl sites for hydroxylation is 2. The van der Waals surface area contributed by atoms with Crippen molar-refractivity contribution in [1.29, 1.82) is 0 Å². The second-order valence-corrected chi connectivity index (χ2v) is 5.91. The van der Waals surface area contributed by atoms with Crippen LogP contribution < -0.4 is 5.32 Å². The van der Waals surface area contributed by atoms with Crippen LogP contribution in [-0.4, -0.2) is 11.1 Å². The van der Waals surface area contributed by atoms with Gasteiger partial charge in [-0.3, -0.25) is 4.79 Å². The van der Waals surface area contributed by atoms with Gasteiger partial charge in [-0.15, -0.1) is 11.3 Å². The first kappa shape index (κ1) is 14.5. The van der Waals surface area contributed by atoms with Crippen molar-refractivity contribution < 1.29 is 13.7 Å². The van der Waals surface area contributed by atoms with Crippen LogP contribution in [0.1, 0.15) is 21.1 Å². The van der Waals surface area contributed by atoms with Gasteiger partial charge in [-0.25, -0.2) is 4.39 Å². The molecule has 4 nitrogen and oxygen atoms in total. The third-order valence-corrected chi connectivity index (χ3v) is 4.31. The second kappa shape index (κ2) is 5.73. The van der Waals surface area contributed by atoms with Gasteiger partial charge in [-0.1, -0.05) is 5.16 Å². The Morgan fingerprint density at radius 3 is 2.55 bits per heavy atom. The number of hydrogen-bond donors (Lipinski definition) is 1. The van der Waals surface area contributed by atoms with Crippen LogP contribution in [0.2, 0.25) is 0 Å². The van der Waals surface area contributed by atoms with Crippen LogP contribution in [0.15, 0.2) is 40.9 Å². The number of amides is 1. The van der Waals surface area contributed by atoms with E-state index < -0.39 is 0 Å². The third kappa shape index (κ3) is 2.78. The molecule has 0 atom stereocenters. The van der Waals surface area contributed by atoms with Crippen molar-refractivity contribution in [2.45, 2.75) is 13.8 Å². The molecule has 0 unspecified atom stereocenters. The van der Waals surface area contributed by atoms with Gasteiger partial charge >= 0.3 is 0 Å². The number of halogens is 1. The van der Waals surface area contributed by atoms with E-state index in [0.29, 0.717) is 10.6 Å². The van der Waals surface area contributed by atoms with Crippen molar-refractivity contribution in [1.82, 2.24) is 5.16 Å². The Hall–Kier alpha value is -2.47. The van der Waals surface area contributed by atoms with Gasteiger partial charge in [0.05, 0.1) is 16.1 Å². The van der Waals surface area contributed by atoms with Crippen molar-refractivity contribution >= 4 is 22.9 Å². The van der Waals surface area contributed by atoms with Gasteiger partial charge in [-0.2, -0.15) is 0 Å². The molecule has 0 fully saturated rings. The van der Waals surface area contributed by atoms with Gasteiger partial charge < -0.3 is 9.84 Å². The minimum Gasteiger partial charge on any atom is -0.361 e. The molecule has 0 saturated heterocycles. The minimum atomic E-state index is -0.338. The van der Waals surface area contributed by atoms with Gasteiger partial charge in [0.25, 0.3) is 5.91 Å². The predicted molar refractivity (Wildman–Crippen MR) is 83.6 cm³/mol. The van der Waals surface area contributed by atoms with Crippen LogP contribution in [0.5, 0.6) is 0 Å². The zero-order valence-electron chi connectivity index (χ0n) is 12.0. The van der Waals surface area contributed by atoms with E-state index in [4.69, 9.17) is 4.52 Å². The number of benzene rings is 1. The quantitative estimate of drug-likeness (QED) is 0.778. The molecule has 0 aliphatic heterocycles. The normalized spacial score (nSPS) is 10.7. The van der Waals surface area contributed by atoms with Crippen molar-refractivity contribution in [3.63, 3.8) is 0 Å². The highest BCUT2D eigenvalue weighted by atomic mass is 32.1. The monoisotopic (exact) mass is 316 g/mol. The number of rotatable bonds is 3. The Bertz CT molecular complexity index is 802. The minimum absolute atomic E-state index is 0.227. The average Bonchev–Trinajstić information content (AvgIpc) is 3.08. The summed E-state index contributed by atoms with van der Waals surface area (Å²) in [6, 6.07) is 9.28. The lowest BCUT2D eigenvalue weighted by atomic mass is 10.2. The molecule has 1 amide bonds. The Balaban J connectivity index is 1.81. The fourth-order valence-electron chi connectivity index (χ4n) is 2.15. The van der Waals surface area contributed by atoms with Crippen LogP contribution in [0.3, 0.4) is 0 Å². The summed E-state index contributed by atoms with van der Waals surface area (Å²) in [5, 5.41) is 6.66. The van der Waals surface area contributed by atoms with Crippen molar-refractivity contribution in [2.75, 3.05) is 5.32 Å². The Morgan fingerprint density at radius 1 is 1.18 bits per heavy atom. The number of nitrogens with one attached hydrogen (secondary N) is 1. The lowest BCUT2D eigenvalue weighted by molar-refractivity contribution is 0.103.